The lowest BCUT2D eigenvalue weighted by molar-refractivity contribution is 0.0342. The maximum Gasteiger partial charge on any atom is 0.420 e. The Bertz CT molecular complexity index is 1800. The molecule has 44 heavy (non-hydrogen) atoms. The number of hydrogen-bond donors (Lipinski definition) is 1. The Morgan fingerprint density at radius 1 is 0.955 bits per heavy atom. The summed E-state index contributed by atoms with van der Waals surface area (Å²) in [5.74, 6) is 0.299. The van der Waals surface area contributed by atoms with Gasteiger partial charge in [0, 0.05) is 31.6 Å². The van der Waals surface area contributed by atoms with Crippen LogP contribution in [-0.2, 0) is 43.7 Å². The molecule has 1 aliphatic heterocycles. The van der Waals surface area contributed by atoms with Crippen molar-refractivity contribution in [3.8, 4) is 11.1 Å². The van der Waals surface area contributed by atoms with E-state index in [0.29, 0.717) is 49.5 Å². The molecule has 232 valence electrons. The van der Waals surface area contributed by atoms with Crippen LogP contribution < -0.4 is 4.72 Å². The van der Waals surface area contributed by atoms with Gasteiger partial charge >= 0.3 is 12.1 Å². The molecule has 2 aromatic heterocycles. The number of hydrogen-bond acceptors (Lipinski definition) is 10. The fourth-order valence-electron chi connectivity index (χ4n) is 5.26. The van der Waals surface area contributed by atoms with E-state index in [-0.39, 0.29) is 10.6 Å². The maximum atomic E-state index is 13.2. The van der Waals surface area contributed by atoms with Crippen molar-refractivity contribution in [2.45, 2.75) is 38.3 Å². The van der Waals surface area contributed by atoms with Gasteiger partial charge in [0.15, 0.2) is 11.3 Å². The molecule has 0 atom stereocenters. The van der Waals surface area contributed by atoms with Crippen LogP contribution in [0.3, 0.4) is 0 Å². The van der Waals surface area contributed by atoms with Crippen LogP contribution in [0.5, 0.6) is 0 Å². The van der Waals surface area contributed by atoms with Gasteiger partial charge in [0.25, 0.3) is 10.0 Å². The van der Waals surface area contributed by atoms with E-state index < -0.39 is 22.1 Å². The number of pyridine rings is 1. The Labute approximate surface area is 256 Å². The van der Waals surface area contributed by atoms with Crippen molar-refractivity contribution in [3.05, 3.63) is 76.7 Å². The van der Waals surface area contributed by atoms with Crippen LogP contribution in [0, 0.1) is 6.92 Å². The molecule has 2 aromatic carbocycles. The largest absolute Gasteiger partial charge is 0.464 e. The third-order valence-corrected chi connectivity index (χ3v) is 8.91. The minimum atomic E-state index is -4.22. The van der Waals surface area contributed by atoms with E-state index in [1.54, 1.807) is 12.1 Å². The number of sulfonamides is 1. The number of carbonyl (C=O) groups is 2. The molecule has 12 nitrogen and oxygen atoms in total. The van der Waals surface area contributed by atoms with E-state index >= 15 is 0 Å². The normalized spacial score (nSPS) is 14.0. The van der Waals surface area contributed by atoms with Gasteiger partial charge in [0.2, 0.25) is 0 Å². The Morgan fingerprint density at radius 2 is 1.66 bits per heavy atom. The zero-order valence-electron chi connectivity index (χ0n) is 25.1. The number of carbonyl (C=O) groups excluding carboxylic acids is 2. The lowest BCUT2D eigenvalue weighted by Gasteiger charge is -2.27. The van der Waals surface area contributed by atoms with Gasteiger partial charge in [-0.05, 0) is 47.4 Å². The molecular formula is C31H35N5O7S. The van der Waals surface area contributed by atoms with Gasteiger partial charge in [-0.25, -0.2) is 32.7 Å². The fraction of sp³-hybridized carbons (Fsp3) is 0.355. The lowest BCUT2D eigenvalue weighted by atomic mass is 10.0. The van der Waals surface area contributed by atoms with Gasteiger partial charge in [0.05, 0.1) is 38.9 Å². The molecular weight excluding hydrogens is 586 g/mol. The predicted molar refractivity (Wildman–Crippen MR) is 163 cm³/mol. The molecule has 0 saturated carbocycles. The molecule has 0 aliphatic carbocycles. The highest BCUT2D eigenvalue weighted by atomic mass is 32.2. The highest BCUT2D eigenvalue weighted by molar-refractivity contribution is 7.90. The number of amides is 1. The maximum absolute atomic E-state index is 13.2. The van der Waals surface area contributed by atoms with E-state index in [9.17, 15) is 18.0 Å². The first kappa shape index (κ1) is 31.1. The third-order valence-electron chi connectivity index (χ3n) is 7.54. The predicted octanol–water partition coefficient (Wildman–Crippen LogP) is 3.68. The number of fused-ring (bicyclic) bond motifs is 1. The van der Waals surface area contributed by atoms with Gasteiger partial charge in [-0.1, -0.05) is 37.3 Å². The lowest BCUT2D eigenvalue weighted by Crippen LogP contribution is -2.35. The molecule has 4 aromatic rings. The van der Waals surface area contributed by atoms with E-state index in [4.69, 9.17) is 14.5 Å². The van der Waals surface area contributed by atoms with Crippen molar-refractivity contribution in [3.63, 3.8) is 0 Å². The summed E-state index contributed by atoms with van der Waals surface area (Å²) in [6.45, 7) is 7.82. The van der Waals surface area contributed by atoms with E-state index in [1.165, 1.54) is 13.2 Å². The number of nitrogens with one attached hydrogen (secondary N) is 1. The minimum absolute atomic E-state index is 0.0368. The standard InChI is InChI=1S/C31H35N5O7S/c1-5-27-33-28-20(2)16-25(30(37)41-3)32-29(28)36(27)19-21-6-9-23(10-7-21)24-17-22(18-35-12-14-43-15-13-35)8-11-26(24)44(39,40)34-31(38)42-4/h6-11,16-17H,5,12-15,18-19H2,1-4H3,(H,34,38). The molecule has 0 radical (unpaired) electrons. The van der Waals surface area contributed by atoms with Crippen LogP contribution in [0.2, 0.25) is 0 Å². The smallest absolute Gasteiger partial charge is 0.420 e. The second kappa shape index (κ2) is 13.1. The van der Waals surface area contributed by atoms with Crippen molar-refractivity contribution in [2.24, 2.45) is 0 Å². The van der Waals surface area contributed by atoms with Gasteiger partial charge in [0.1, 0.15) is 11.3 Å². The van der Waals surface area contributed by atoms with Crippen LogP contribution in [0.1, 0.15) is 39.9 Å². The summed E-state index contributed by atoms with van der Waals surface area (Å²) < 4.78 is 45.2. The number of aryl methyl sites for hydroxylation is 2. The first-order valence-corrected chi connectivity index (χ1v) is 15.7. The topological polar surface area (TPSA) is 142 Å². The number of morpholine rings is 1. The van der Waals surface area contributed by atoms with Gasteiger partial charge in [-0.15, -0.1) is 0 Å². The molecule has 1 fully saturated rings. The second-order valence-electron chi connectivity index (χ2n) is 10.5. The number of methoxy groups -OCH3 is 2. The summed E-state index contributed by atoms with van der Waals surface area (Å²) in [6.07, 6.45) is -0.409. The third kappa shape index (κ3) is 6.59. The molecule has 13 heteroatoms. The second-order valence-corrected chi connectivity index (χ2v) is 12.1. The van der Waals surface area contributed by atoms with Crippen LogP contribution >= 0.6 is 0 Å². The molecule has 0 bridgehead atoms. The number of rotatable bonds is 9. The zero-order chi connectivity index (χ0) is 31.4. The Hall–Kier alpha value is -4.33. The molecule has 1 amide bonds. The number of ether oxygens (including phenoxy) is 3. The van der Waals surface area contributed by atoms with Gasteiger partial charge in [-0.2, -0.15) is 0 Å². The van der Waals surface area contributed by atoms with Crippen molar-refractivity contribution in [1.29, 1.82) is 0 Å². The molecule has 0 unspecified atom stereocenters. The SMILES string of the molecule is CCc1nc2c(C)cc(C(=O)OC)nc2n1Cc1ccc(-c2cc(CN3CCOCC3)ccc2S(=O)(=O)NC(=O)OC)cc1. The van der Waals surface area contributed by atoms with Gasteiger partial charge < -0.3 is 18.8 Å². The highest BCUT2D eigenvalue weighted by Gasteiger charge is 2.24. The number of nitrogens with zero attached hydrogens (tertiary/aromatic N) is 4. The average molecular weight is 622 g/mol. The van der Waals surface area contributed by atoms with Crippen LogP contribution in [0.15, 0.2) is 53.4 Å². The molecule has 5 rings (SSSR count). The summed E-state index contributed by atoms with van der Waals surface area (Å²) in [5.41, 5.74) is 5.32. The van der Waals surface area contributed by atoms with E-state index in [0.717, 1.165) is 48.2 Å². The number of benzene rings is 2. The Kier molecular flexibility index (Phi) is 9.28. The summed E-state index contributed by atoms with van der Waals surface area (Å²) in [7, 11) is -1.79. The molecule has 1 aliphatic rings. The van der Waals surface area contributed by atoms with Crippen LogP contribution in [0.4, 0.5) is 4.79 Å². The van der Waals surface area contributed by atoms with Gasteiger partial charge in [-0.3, -0.25) is 4.90 Å². The summed E-state index contributed by atoms with van der Waals surface area (Å²) in [6, 6.07) is 14.3. The quantitative estimate of drug-likeness (QED) is 0.275. The van der Waals surface area contributed by atoms with Crippen molar-refractivity contribution < 1.29 is 32.2 Å². The summed E-state index contributed by atoms with van der Waals surface area (Å²) in [5, 5.41) is 0. The van der Waals surface area contributed by atoms with Crippen LogP contribution in [0.25, 0.3) is 22.3 Å². The minimum Gasteiger partial charge on any atom is -0.464 e. The average Bonchev–Trinajstić information content (AvgIpc) is 3.38. The van der Waals surface area contributed by atoms with Crippen LogP contribution in [-0.4, -0.2) is 80.4 Å². The summed E-state index contributed by atoms with van der Waals surface area (Å²) >= 11 is 0. The monoisotopic (exact) mass is 621 g/mol. The fourth-order valence-corrected chi connectivity index (χ4v) is 6.39. The van der Waals surface area contributed by atoms with E-state index in [1.807, 2.05) is 53.5 Å². The van der Waals surface area contributed by atoms with E-state index in [2.05, 4.69) is 14.6 Å². The van der Waals surface area contributed by atoms with Crippen molar-refractivity contribution in [2.75, 3.05) is 40.5 Å². The molecule has 3 heterocycles. The Balaban J connectivity index is 1.51. The highest BCUT2D eigenvalue weighted by Crippen LogP contribution is 2.30. The number of esters is 1. The molecule has 1 N–H and O–H groups in total. The Morgan fingerprint density at radius 3 is 2.32 bits per heavy atom. The van der Waals surface area contributed by atoms with Crippen molar-refractivity contribution in [1.82, 2.24) is 24.2 Å². The number of aromatic nitrogens is 3. The zero-order valence-corrected chi connectivity index (χ0v) is 25.9. The molecule has 1 saturated heterocycles. The molecule has 0 spiro atoms. The first-order chi connectivity index (χ1) is 21.1. The first-order valence-electron chi connectivity index (χ1n) is 14.2. The number of imidazole rings is 1. The summed E-state index contributed by atoms with van der Waals surface area (Å²) in [4.78, 5) is 35.6. The van der Waals surface area contributed by atoms with Crippen molar-refractivity contribution >= 4 is 33.2 Å².